The summed E-state index contributed by atoms with van der Waals surface area (Å²) in [6.07, 6.45) is 0. The van der Waals surface area contributed by atoms with Crippen LogP contribution in [0.15, 0.2) is 53.0 Å². The molecule has 0 saturated carbocycles. The van der Waals surface area contributed by atoms with Crippen molar-refractivity contribution in [2.45, 2.75) is 0 Å². The van der Waals surface area contributed by atoms with Gasteiger partial charge in [0.2, 0.25) is 5.13 Å². The molecule has 1 amide bonds. The maximum atomic E-state index is 12.2. The molecule has 9 heteroatoms. The maximum Gasteiger partial charge on any atom is 0.269 e. The zero-order valence-corrected chi connectivity index (χ0v) is 14.4. The maximum absolute atomic E-state index is 12.2. The molecule has 0 unspecified atom stereocenters. The second-order valence-corrected chi connectivity index (χ2v) is 6.48. The van der Waals surface area contributed by atoms with Gasteiger partial charge in [-0.05, 0) is 40.2 Å². The van der Waals surface area contributed by atoms with Crippen LogP contribution in [0, 0.1) is 10.1 Å². The van der Waals surface area contributed by atoms with E-state index in [1.807, 2.05) is 6.07 Å². The number of nitrogens with zero attached hydrogens (tertiary/aromatic N) is 3. The predicted molar refractivity (Wildman–Crippen MR) is 94.1 cm³/mol. The lowest BCUT2D eigenvalue weighted by Gasteiger charge is -2.02. The summed E-state index contributed by atoms with van der Waals surface area (Å²) in [6, 6.07) is 13.0. The number of aromatic nitrogens is 2. The quantitative estimate of drug-likeness (QED) is 0.520. The van der Waals surface area contributed by atoms with E-state index < -0.39 is 4.92 Å². The Kier molecular flexibility index (Phi) is 4.63. The minimum atomic E-state index is -0.465. The molecule has 3 rings (SSSR count). The third kappa shape index (κ3) is 3.47. The van der Waals surface area contributed by atoms with Gasteiger partial charge in [-0.1, -0.05) is 23.5 Å². The normalized spacial score (nSPS) is 10.4. The number of non-ortho nitro benzene ring substituents is 1. The average molecular weight is 405 g/mol. The number of hydrogen-bond donors (Lipinski definition) is 1. The van der Waals surface area contributed by atoms with E-state index in [9.17, 15) is 14.9 Å². The van der Waals surface area contributed by atoms with E-state index in [1.54, 1.807) is 30.3 Å². The van der Waals surface area contributed by atoms with Gasteiger partial charge in [0.05, 0.1) is 10.5 Å². The van der Waals surface area contributed by atoms with Crippen molar-refractivity contribution in [2.75, 3.05) is 5.32 Å². The molecule has 0 aliphatic carbocycles. The highest BCUT2D eigenvalue weighted by atomic mass is 79.9. The fourth-order valence-electron chi connectivity index (χ4n) is 1.93. The monoisotopic (exact) mass is 404 g/mol. The fraction of sp³-hybridized carbons (Fsp3) is 0. The zero-order chi connectivity index (χ0) is 17.1. The minimum absolute atomic E-state index is 0.00530. The van der Waals surface area contributed by atoms with Crippen molar-refractivity contribution >= 4 is 44.0 Å². The standard InChI is InChI=1S/C15H9BrN4O3S/c16-12-4-2-1-3-11(12)13(21)17-15-19-18-14(24-15)9-5-7-10(8-6-9)20(22)23/h1-8H,(H,17,19,21). The molecule has 0 fully saturated rings. The smallest absolute Gasteiger partial charge is 0.269 e. The van der Waals surface area contributed by atoms with Crippen LogP contribution >= 0.6 is 27.3 Å². The number of nitro benzene ring substituents is 1. The summed E-state index contributed by atoms with van der Waals surface area (Å²) in [5.74, 6) is -0.297. The van der Waals surface area contributed by atoms with Crippen LogP contribution in [0.4, 0.5) is 10.8 Å². The Morgan fingerprint density at radius 1 is 1.12 bits per heavy atom. The number of carbonyl (C=O) groups excluding carboxylic acids is 1. The summed E-state index contributed by atoms with van der Waals surface area (Å²) in [5, 5.41) is 22.2. The van der Waals surface area contributed by atoms with E-state index in [1.165, 1.54) is 23.5 Å². The van der Waals surface area contributed by atoms with Crippen LogP contribution in [0.2, 0.25) is 0 Å². The summed E-state index contributed by atoms with van der Waals surface area (Å²) in [5.41, 5.74) is 1.19. The van der Waals surface area contributed by atoms with Gasteiger partial charge in [0, 0.05) is 22.2 Å². The molecule has 3 aromatic rings. The van der Waals surface area contributed by atoms with Gasteiger partial charge >= 0.3 is 0 Å². The molecule has 1 heterocycles. The lowest BCUT2D eigenvalue weighted by molar-refractivity contribution is -0.384. The Morgan fingerprint density at radius 3 is 2.50 bits per heavy atom. The molecule has 0 saturated heterocycles. The van der Waals surface area contributed by atoms with Crippen LogP contribution in [-0.2, 0) is 0 Å². The second kappa shape index (κ2) is 6.85. The number of carbonyl (C=O) groups is 1. The molecular weight excluding hydrogens is 396 g/mol. The number of nitrogens with one attached hydrogen (secondary N) is 1. The van der Waals surface area contributed by atoms with Gasteiger partial charge in [0.25, 0.3) is 11.6 Å². The Hall–Kier alpha value is -2.65. The Morgan fingerprint density at radius 2 is 1.83 bits per heavy atom. The topological polar surface area (TPSA) is 98.0 Å². The Labute approximate surface area is 148 Å². The Bertz CT molecular complexity index is 911. The van der Waals surface area contributed by atoms with Crippen LogP contribution in [0.3, 0.4) is 0 Å². The number of nitro groups is 1. The van der Waals surface area contributed by atoms with Gasteiger partial charge in [-0.25, -0.2) is 0 Å². The van der Waals surface area contributed by atoms with Crippen LogP contribution in [0.1, 0.15) is 10.4 Å². The average Bonchev–Trinajstić information content (AvgIpc) is 3.03. The number of benzene rings is 2. The summed E-state index contributed by atoms with van der Waals surface area (Å²) >= 11 is 4.51. The van der Waals surface area contributed by atoms with Crippen molar-refractivity contribution in [2.24, 2.45) is 0 Å². The van der Waals surface area contributed by atoms with Gasteiger partial charge in [-0.15, -0.1) is 10.2 Å². The van der Waals surface area contributed by atoms with Crippen molar-refractivity contribution in [1.29, 1.82) is 0 Å². The van der Waals surface area contributed by atoms with E-state index in [0.29, 0.717) is 25.7 Å². The Balaban J connectivity index is 1.77. The summed E-state index contributed by atoms with van der Waals surface area (Å²) in [4.78, 5) is 22.4. The van der Waals surface area contributed by atoms with E-state index in [4.69, 9.17) is 0 Å². The zero-order valence-electron chi connectivity index (χ0n) is 12.0. The SMILES string of the molecule is O=C(Nc1nnc(-c2ccc([N+](=O)[O-])cc2)s1)c1ccccc1Br. The molecule has 0 radical (unpaired) electrons. The highest BCUT2D eigenvalue weighted by molar-refractivity contribution is 9.10. The van der Waals surface area contributed by atoms with Crippen molar-refractivity contribution in [1.82, 2.24) is 10.2 Å². The molecule has 24 heavy (non-hydrogen) atoms. The molecule has 0 bridgehead atoms. The highest BCUT2D eigenvalue weighted by Gasteiger charge is 2.14. The van der Waals surface area contributed by atoms with E-state index >= 15 is 0 Å². The third-order valence-electron chi connectivity index (χ3n) is 3.09. The first-order valence-corrected chi connectivity index (χ1v) is 8.30. The van der Waals surface area contributed by atoms with E-state index in [0.717, 1.165) is 0 Å². The number of rotatable bonds is 4. The van der Waals surface area contributed by atoms with Gasteiger partial charge in [0.1, 0.15) is 5.01 Å². The highest BCUT2D eigenvalue weighted by Crippen LogP contribution is 2.28. The van der Waals surface area contributed by atoms with Crippen LogP contribution in [0.25, 0.3) is 10.6 Å². The van der Waals surface area contributed by atoms with Gasteiger partial charge in [0.15, 0.2) is 0 Å². The summed E-state index contributed by atoms with van der Waals surface area (Å²) < 4.78 is 0.683. The van der Waals surface area contributed by atoms with Crippen molar-refractivity contribution in [3.05, 3.63) is 68.7 Å². The second-order valence-electron chi connectivity index (χ2n) is 4.65. The molecule has 1 N–H and O–H groups in total. The van der Waals surface area contributed by atoms with Crippen LogP contribution in [0.5, 0.6) is 0 Å². The number of hydrogen-bond acceptors (Lipinski definition) is 6. The van der Waals surface area contributed by atoms with Gasteiger partial charge < -0.3 is 0 Å². The number of anilines is 1. The van der Waals surface area contributed by atoms with Crippen LogP contribution < -0.4 is 5.32 Å². The van der Waals surface area contributed by atoms with Crippen molar-refractivity contribution in [3.63, 3.8) is 0 Å². The molecular formula is C15H9BrN4O3S. The molecule has 2 aromatic carbocycles. The molecule has 1 aromatic heterocycles. The fourth-order valence-corrected chi connectivity index (χ4v) is 3.13. The molecule has 0 atom stereocenters. The molecule has 0 aliphatic heterocycles. The molecule has 0 aliphatic rings. The van der Waals surface area contributed by atoms with Crippen LogP contribution in [-0.4, -0.2) is 21.0 Å². The first kappa shape index (κ1) is 16.2. The largest absolute Gasteiger partial charge is 0.296 e. The number of halogens is 1. The number of amides is 1. The lowest BCUT2D eigenvalue weighted by Crippen LogP contribution is -2.12. The summed E-state index contributed by atoms with van der Waals surface area (Å²) in [6.45, 7) is 0. The third-order valence-corrected chi connectivity index (χ3v) is 4.67. The predicted octanol–water partition coefficient (Wildman–Crippen LogP) is 4.13. The van der Waals surface area contributed by atoms with Gasteiger partial charge in [-0.3, -0.25) is 20.2 Å². The van der Waals surface area contributed by atoms with E-state index in [2.05, 4.69) is 31.4 Å². The van der Waals surface area contributed by atoms with Gasteiger partial charge in [-0.2, -0.15) is 0 Å². The molecule has 0 spiro atoms. The first-order chi connectivity index (χ1) is 11.5. The van der Waals surface area contributed by atoms with E-state index in [-0.39, 0.29) is 11.6 Å². The summed E-state index contributed by atoms with van der Waals surface area (Å²) in [7, 11) is 0. The first-order valence-electron chi connectivity index (χ1n) is 6.69. The minimum Gasteiger partial charge on any atom is -0.296 e. The van der Waals surface area contributed by atoms with Crippen molar-refractivity contribution < 1.29 is 9.72 Å². The van der Waals surface area contributed by atoms with Crippen molar-refractivity contribution in [3.8, 4) is 10.6 Å². The molecule has 120 valence electrons. The molecule has 7 nitrogen and oxygen atoms in total. The lowest BCUT2D eigenvalue weighted by atomic mass is 10.2.